The smallest absolute Gasteiger partial charge is 0.281 e. The molecule has 24 heavy (non-hydrogen) atoms. The number of nitrogens with one attached hydrogen (secondary N) is 1. The Morgan fingerprint density at radius 1 is 1.25 bits per heavy atom. The lowest BCUT2D eigenvalue weighted by Gasteiger charge is -2.37. The van der Waals surface area contributed by atoms with Crippen LogP contribution in [0, 0.1) is 13.8 Å². The van der Waals surface area contributed by atoms with Crippen LogP contribution in [0.15, 0.2) is 36.5 Å². The van der Waals surface area contributed by atoms with Gasteiger partial charge in [0, 0.05) is 18.9 Å². The van der Waals surface area contributed by atoms with Gasteiger partial charge in [-0.05, 0) is 50.1 Å². The number of carbonyl (C=O) groups excluding carboxylic acids is 2. The Morgan fingerprint density at radius 3 is 2.75 bits per heavy atom. The number of amides is 2. The summed E-state index contributed by atoms with van der Waals surface area (Å²) >= 11 is 0. The van der Waals surface area contributed by atoms with Crippen molar-refractivity contribution in [1.29, 1.82) is 0 Å². The van der Waals surface area contributed by atoms with E-state index in [1.807, 2.05) is 26.0 Å². The Hall–Kier alpha value is -2.89. The number of carbonyl (C=O) groups is 2. The first kappa shape index (κ1) is 16.0. The highest BCUT2D eigenvalue weighted by molar-refractivity contribution is 6.19. The van der Waals surface area contributed by atoms with Gasteiger partial charge in [-0.2, -0.15) is 0 Å². The molecule has 0 radical (unpaired) electrons. The predicted octanol–water partition coefficient (Wildman–Crippen LogP) is 2.45. The second kappa shape index (κ2) is 5.63. The topological polar surface area (TPSA) is 71.5 Å². The van der Waals surface area contributed by atoms with Crippen LogP contribution in [-0.2, 0) is 9.59 Å². The lowest BCUT2D eigenvalue weighted by atomic mass is 10.0. The highest BCUT2D eigenvalue weighted by atomic mass is 16.5. The van der Waals surface area contributed by atoms with Crippen molar-refractivity contribution in [2.45, 2.75) is 26.4 Å². The summed E-state index contributed by atoms with van der Waals surface area (Å²) in [5.41, 5.74) is 1.02. The number of likely N-dealkylation sites (N-methyl/N-ethyl adjacent to an activating group) is 1. The van der Waals surface area contributed by atoms with Crippen LogP contribution in [0.5, 0.6) is 5.75 Å². The summed E-state index contributed by atoms with van der Waals surface area (Å²) in [5, 5.41) is 2.81. The molecule has 6 nitrogen and oxygen atoms in total. The quantitative estimate of drug-likeness (QED) is 0.861. The van der Waals surface area contributed by atoms with Gasteiger partial charge in [-0.1, -0.05) is 12.1 Å². The van der Waals surface area contributed by atoms with Crippen molar-refractivity contribution in [3.05, 3.63) is 47.7 Å². The van der Waals surface area contributed by atoms with Gasteiger partial charge >= 0.3 is 0 Å². The molecule has 1 atom stereocenters. The molecule has 0 spiro atoms. The summed E-state index contributed by atoms with van der Waals surface area (Å²) in [6.07, 6.45) is 1.57. The van der Waals surface area contributed by atoms with Crippen molar-refractivity contribution in [2.24, 2.45) is 0 Å². The molecule has 0 unspecified atom stereocenters. The molecule has 0 aliphatic carbocycles. The monoisotopic (exact) mass is 325 g/mol. The number of hydrogen-bond donors (Lipinski definition) is 1. The number of ether oxygens (including phenoxy) is 1. The van der Waals surface area contributed by atoms with Crippen molar-refractivity contribution in [1.82, 2.24) is 4.98 Å². The minimum atomic E-state index is -1.65. The lowest BCUT2D eigenvalue weighted by Crippen LogP contribution is -2.60. The third kappa shape index (κ3) is 2.40. The van der Waals surface area contributed by atoms with Gasteiger partial charge in [0.1, 0.15) is 0 Å². The van der Waals surface area contributed by atoms with E-state index in [9.17, 15) is 9.59 Å². The van der Waals surface area contributed by atoms with E-state index in [4.69, 9.17) is 4.74 Å². The number of aryl methyl sites for hydroxylation is 1. The maximum absolute atomic E-state index is 12.8. The Balaban J connectivity index is 1.94. The fraction of sp³-hybridized carbons (Fsp3) is 0.278. The van der Waals surface area contributed by atoms with Crippen LogP contribution < -0.4 is 15.0 Å². The van der Waals surface area contributed by atoms with E-state index in [-0.39, 0.29) is 0 Å². The van der Waals surface area contributed by atoms with Gasteiger partial charge in [-0.15, -0.1) is 0 Å². The fourth-order valence-corrected chi connectivity index (χ4v) is 2.67. The normalized spacial score (nSPS) is 19.5. The third-order valence-corrected chi connectivity index (χ3v) is 4.38. The molecule has 2 aromatic rings. The SMILES string of the molecule is Cc1cccc(NC(=O)[C@]2(C)Oc3cccnc3N(C)C2=O)c1C. The largest absolute Gasteiger partial charge is 0.464 e. The molecular weight excluding hydrogens is 306 g/mol. The Labute approximate surface area is 140 Å². The molecule has 0 bridgehead atoms. The molecular formula is C18H19N3O3. The minimum absolute atomic E-state index is 0.401. The standard InChI is InChI=1S/C18H19N3O3/c1-11-7-5-8-13(12(11)2)20-16(22)18(3)17(23)21(4)15-14(24-18)9-6-10-19-15/h5-10H,1-4H3,(H,20,22)/t18-/m0/s1. The lowest BCUT2D eigenvalue weighted by molar-refractivity contribution is -0.145. The van der Waals surface area contributed by atoms with Crippen LogP contribution in [0.25, 0.3) is 0 Å². The van der Waals surface area contributed by atoms with E-state index in [0.29, 0.717) is 17.3 Å². The van der Waals surface area contributed by atoms with Crippen LogP contribution in [-0.4, -0.2) is 29.4 Å². The average molecular weight is 325 g/mol. The second-order valence-corrected chi connectivity index (χ2v) is 6.03. The molecule has 2 heterocycles. The number of benzene rings is 1. The molecule has 0 fully saturated rings. The molecule has 0 saturated heterocycles. The summed E-state index contributed by atoms with van der Waals surface area (Å²) in [5.74, 6) is -0.170. The first-order chi connectivity index (χ1) is 11.3. The van der Waals surface area contributed by atoms with Gasteiger partial charge in [0.25, 0.3) is 17.4 Å². The number of anilines is 2. The first-order valence-corrected chi connectivity index (χ1v) is 7.64. The van der Waals surface area contributed by atoms with Crippen LogP contribution in [0.2, 0.25) is 0 Å². The molecule has 2 amide bonds. The van der Waals surface area contributed by atoms with Crippen molar-refractivity contribution in [3.63, 3.8) is 0 Å². The van der Waals surface area contributed by atoms with Crippen molar-refractivity contribution in [3.8, 4) is 5.75 Å². The molecule has 124 valence electrons. The van der Waals surface area contributed by atoms with Gasteiger partial charge in [0.15, 0.2) is 11.6 Å². The summed E-state index contributed by atoms with van der Waals surface area (Å²) in [6.45, 7) is 5.36. The van der Waals surface area contributed by atoms with Crippen molar-refractivity contribution >= 4 is 23.3 Å². The van der Waals surface area contributed by atoms with Crippen LogP contribution in [0.4, 0.5) is 11.5 Å². The van der Waals surface area contributed by atoms with E-state index in [1.54, 1.807) is 31.4 Å². The Bertz CT molecular complexity index is 834. The summed E-state index contributed by atoms with van der Waals surface area (Å²) in [4.78, 5) is 31.0. The van der Waals surface area contributed by atoms with Crippen molar-refractivity contribution in [2.75, 3.05) is 17.3 Å². The number of hydrogen-bond acceptors (Lipinski definition) is 4. The zero-order chi connectivity index (χ0) is 17.5. The molecule has 1 aromatic heterocycles. The number of nitrogens with zero attached hydrogens (tertiary/aromatic N) is 2. The molecule has 3 rings (SSSR count). The highest BCUT2D eigenvalue weighted by Gasteiger charge is 2.50. The maximum atomic E-state index is 12.8. The van der Waals surface area contributed by atoms with Gasteiger partial charge in [-0.3, -0.25) is 14.5 Å². The molecule has 0 saturated carbocycles. The fourth-order valence-electron chi connectivity index (χ4n) is 2.67. The maximum Gasteiger partial charge on any atom is 0.281 e. The average Bonchev–Trinajstić information content (AvgIpc) is 2.57. The number of pyridine rings is 1. The third-order valence-electron chi connectivity index (χ3n) is 4.38. The summed E-state index contributed by atoms with van der Waals surface area (Å²) < 4.78 is 5.74. The van der Waals surface area contributed by atoms with E-state index >= 15 is 0 Å². The minimum Gasteiger partial charge on any atom is -0.464 e. The number of rotatable bonds is 2. The predicted molar refractivity (Wildman–Crippen MR) is 91.2 cm³/mol. The van der Waals surface area contributed by atoms with E-state index < -0.39 is 17.4 Å². The second-order valence-electron chi connectivity index (χ2n) is 6.03. The van der Waals surface area contributed by atoms with Gasteiger partial charge in [0.05, 0.1) is 0 Å². The molecule has 1 aromatic carbocycles. The number of fused-ring (bicyclic) bond motifs is 1. The Kier molecular flexibility index (Phi) is 3.75. The molecule has 6 heteroatoms. The molecule has 1 aliphatic rings. The molecule has 1 aliphatic heterocycles. The zero-order valence-electron chi connectivity index (χ0n) is 14.1. The van der Waals surface area contributed by atoms with Crippen LogP contribution in [0.3, 0.4) is 0 Å². The van der Waals surface area contributed by atoms with Crippen LogP contribution in [0.1, 0.15) is 18.1 Å². The molecule has 1 N–H and O–H groups in total. The van der Waals surface area contributed by atoms with Gasteiger partial charge in [-0.25, -0.2) is 4.98 Å². The van der Waals surface area contributed by atoms with Gasteiger partial charge in [0.2, 0.25) is 0 Å². The van der Waals surface area contributed by atoms with E-state index in [2.05, 4.69) is 10.3 Å². The number of aromatic nitrogens is 1. The van der Waals surface area contributed by atoms with Crippen LogP contribution >= 0.6 is 0 Å². The van der Waals surface area contributed by atoms with E-state index in [1.165, 1.54) is 11.8 Å². The zero-order valence-corrected chi connectivity index (χ0v) is 14.1. The van der Waals surface area contributed by atoms with Gasteiger partial charge < -0.3 is 10.1 Å². The summed E-state index contributed by atoms with van der Waals surface area (Å²) in [7, 11) is 1.58. The first-order valence-electron chi connectivity index (χ1n) is 7.64. The van der Waals surface area contributed by atoms with E-state index in [0.717, 1.165) is 11.1 Å². The summed E-state index contributed by atoms with van der Waals surface area (Å²) in [6, 6.07) is 9.01. The Morgan fingerprint density at radius 2 is 2.00 bits per heavy atom. The highest BCUT2D eigenvalue weighted by Crippen LogP contribution is 2.35. The van der Waals surface area contributed by atoms with Crippen molar-refractivity contribution < 1.29 is 14.3 Å².